The second kappa shape index (κ2) is 2.70. The molecular formula is C7H10NO3. The molecular weight excluding hydrogens is 146 g/mol. The van der Waals surface area contributed by atoms with Crippen molar-refractivity contribution in [1.29, 1.82) is 0 Å². The standard InChI is InChI=1S/C7H10NO3/c9-7(8-2-1-3-8)11-6-4-10-5-6/h1,6H,2-5H2. The zero-order chi connectivity index (χ0) is 7.68. The van der Waals surface area contributed by atoms with Crippen molar-refractivity contribution in [3.8, 4) is 0 Å². The van der Waals surface area contributed by atoms with Gasteiger partial charge in [-0.2, -0.15) is 0 Å². The summed E-state index contributed by atoms with van der Waals surface area (Å²) in [5.41, 5.74) is 0. The van der Waals surface area contributed by atoms with Gasteiger partial charge in [-0.05, 0) is 0 Å². The Balaban J connectivity index is 1.71. The van der Waals surface area contributed by atoms with E-state index in [1.54, 1.807) is 4.90 Å². The fourth-order valence-electron chi connectivity index (χ4n) is 0.907. The summed E-state index contributed by atoms with van der Waals surface area (Å²) in [5.74, 6) is 0. The zero-order valence-corrected chi connectivity index (χ0v) is 6.16. The van der Waals surface area contributed by atoms with Crippen LogP contribution in [0.15, 0.2) is 0 Å². The maximum atomic E-state index is 11.1. The summed E-state index contributed by atoms with van der Waals surface area (Å²) < 4.78 is 9.90. The molecule has 4 heteroatoms. The smallest absolute Gasteiger partial charge is 0.410 e. The van der Waals surface area contributed by atoms with Crippen LogP contribution in [0.25, 0.3) is 0 Å². The summed E-state index contributed by atoms with van der Waals surface area (Å²) in [5, 5.41) is 0. The SMILES string of the molecule is O=C(OC1COC1)N1C[CH]C1. The second-order valence-corrected chi connectivity index (χ2v) is 2.74. The van der Waals surface area contributed by atoms with Crippen molar-refractivity contribution in [3.05, 3.63) is 6.42 Å². The van der Waals surface area contributed by atoms with E-state index in [0.717, 1.165) is 13.1 Å². The lowest BCUT2D eigenvalue weighted by molar-refractivity contribution is -0.105. The first-order chi connectivity index (χ1) is 5.36. The number of amides is 1. The van der Waals surface area contributed by atoms with E-state index < -0.39 is 0 Å². The highest BCUT2D eigenvalue weighted by Gasteiger charge is 2.28. The Hall–Kier alpha value is -0.770. The number of ether oxygens (including phenoxy) is 2. The highest BCUT2D eigenvalue weighted by atomic mass is 16.6. The third-order valence-electron chi connectivity index (χ3n) is 1.83. The molecule has 11 heavy (non-hydrogen) atoms. The molecule has 0 bridgehead atoms. The van der Waals surface area contributed by atoms with Gasteiger partial charge in [0.25, 0.3) is 0 Å². The van der Waals surface area contributed by atoms with E-state index in [2.05, 4.69) is 0 Å². The minimum Gasteiger partial charge on any atom is -0.441 e. The van der Waals surface area contributed by atoms with Gasteiger partial charge in [0.2, 0.25) is 0 Å². The Morgan fingerprint density at radius 1 is 1.55 bits per heavy atom. The average Bonchev–Trinajstić information content (AvgIpc) is 1.74. The van der Waals surface area contributed by atoms with Crippen LogP contribution in [0.4, 0.5) is 4.79 Å². The molecule has 0 aliphatic carbocycles. The Kier molecular flexibility index (Phi) is 1.69. The van der Waals surface area contributed by atoms with Crippen LogP contribution < -0.4 is 0 Å². The van der Waals surface area contributed by atoms with Crippen molar-refractivity contribution in [2.24, 2.45) is 0 Å². The van der Waals surface area contributed by atoms with Crippen molar-refractivity contribution >= 4 is 6.09 Å². The topological polar surface area (TPSA) is 38.8 Å². The molecule has 4 nitrogen and oxygen atoms in total. The monoisotopic (exact) mass is 156 g/mol. The summed E-state index contributed by atoms with van der Waals surface area (Å²) in [6, 6.07) is 0. The first-order valence-corrected chi connectivity index (χ1v) is 3.71. The van der Waals surface area contributed by atoms with E-state index >= 15 is 0 Å². The van der Waals surface area contributed by atoms with Gasteiger partial charge in [-0.15, -0.1) is 0 Å². The minimum absolute atomic E-state index is 0.00287. The lowest BCUT2D eigenvalue weighted by Crippen LogP contribution is -2.47. The molecule has 0 unspecified atom stereocenters. The van der Waals surface area contributed by atoms with E-state index in [9.17, 15) is 4.79 Å². The summed E-state index contributed by atoms with van der Waals surface area (Å²) in [7, 11) is 0. The van der Waals surface area contributed by atoms with Gasteiger partial charge in [0.15, 0.2) is 6.10 Å². The predicted molar refractivity (Wildman–Crippen MR) is 37.0 cm³/mol. The number of nitrogens with zero attached hydrogens (tertiary/aromatic N) is 1. The van der Waals surface area contributed by atoms with E-state index in [-0.39, 0.29) is 12.2 Å². The van der Waals surface area contributed by atoms with Gasteiger partial charge < -0.3 is 14.4 Å². The first-order valence-electron chi connectivity index (χ1n) is 3.71. The van der Waals surface area contributed by atoms with Gasteiger partial charge in [-0.1, -0.05) is 0 Å². The first kappa shape index (κ1) is 6.91. The van der Waals surface area contributed by atoms with Gasteiger partial charge in [-0.3, -0.25) is 0 Å². The Morgan fingerprint density at radius 2 is 2.27 bits per heavy atom. The molecule has 2 rings (SSSR count). The van der Waals surface area contributed by atoms with Gasteiger partial charge in [0, 0.05) is 19.5 Å². The van der Waals surface area contributed by atoms with Gasteiger partial charge in [0.1, 0.15) is 0 Å². The van der Waals surface area contributed by atoms with Crippen LogP contribution in [0.3, 0.4) is 0 Å². The van der Waals surface area contributed by atoms with Crippen molar-refractivity contribution < 1.29 is 14.3 Å². The highest BCUT2D eigenvalue weighted by molar-refractivity contribution is 5.69. The summed E-state index contributed by atoms with van der Waals surface area (Å²) >= 11 is 0. The van der Waals surface area contributed by atoms with E-state index in [4.69, 9.17) is 9.47 Å². The fourth-order valence-corrected chi connectivity index (χ4v) is 0.907. The molecule has 2 fully saturated rings. The van der Waals surface area contributed by atoms with Crippen molar-refractivity contribution in [1.82, 2.24) is 4.90 Å². The maximum Gasteiger partial charge on any atom is 0.410 e. The molecule has 0 aromatic heterocycles. The van der Waals surface area contributed by atoms with Crippen LogP contribution in [0, 0.1) is 6.42 Å². The van der Waals surface area contributed by atoms with Crippen LogP contribution in [-0.2, 0) is 9.47 Å². The summed E-state index contributed by atoms with van der Waals surface area (Å²) in [6.07, 6.45) is 1.82. The van der Waals surface area contributed by atoms with Crippen LogP contribution >= 0.6 is 0 Å². The van der Waals surface area contributed by atoms with Crippen molar-refractivity contribution in [2.45, 2.75) is 6.10 Å². The minimum atomic E-state index is -0.208. The van der Waals surface area contributed by atoms with Gasteiger partial charge in [-0.25, -0.2) is 4.79 Å². The normalized spacial score (nSPS) is 23.8. The third kappa shape index (κ3) is 1.30. The number of hydrogen-bond acceptors (Lipinski definition) is 3. The fraction of sp³-hybridized carbons (Fsp3) is 0.714. The molecule has 0 aromatic rings. The lowest BCUT2D eigenvalue weighted by Gasteiger charge is -2.33. The van der Waals surface area contributed by atoms with E-state index in [1.807, 2.05) is 6.42 Å². The molecule has 61 valence electrons. The molecule has 1 amide bonds. The molecule has 0 aromatic carbocycles. The third-order valence-corrected chi connectivity index (χ3v) is 1.83. The highest BCUT2D eigenvalue weighted by Crippen LogP contribution is 2.11. The Morgan fingerprint density at radius 3 is 2.64 bits per heavy atom. The quantitative estimate of drug-likeness (QED) is 0.538. The molecule has 0 atom stereocenters. The lowest BCUT2D eigenvalue weighted by atomic mass is 10.2. The largest absolute Gasteiger partial charge is 0.441 e. The number of rotatable bonds is 1. The molecule has 2 heterocycles. The molecule has 1 radical (unpaired) electrons. The molecule has 0 N–H and O–H groups in total. The van der Waals surface area contributed by atoms with Crippen LogP contribution in [0.2, 0.25) is 0 Å². The Bertz CT molecular complexity index is 163. The van der Waals surface area contributed by atoms with E-state index in [0.29, 0.717) is 13.2 Å². The average molecular weight is 156 g/mol. The van der Waals surface area contributed by atoms with Crippen LogP contribution in [-0.4, -0.2) is 43.4 Å². The van der Waals surface area contributed by atoms with Crippen LogP contribution in [0.5, 0.6) is 0 Å². The summed E-state index contributed by atoms with van der Waals surface area (Å²) in [6.45, 7) is 2.57. The second-order valence-electron chi connectivity index (χ2n) is 2.74. The Labute approximate surface area is 65.1 Å². The number of likely N-dealkylation sites (tertiary alicyclic amines) is 1. The van der Waals surface area contributed by atoms with Gasteiger partial charge >= 0.3 is 6.09 Å². The molecule has 2 aliphatic rings. The number of carbonyl (C=O) groups excluding carboxylic acids is 1. The number of hydrogen-bond donors (Lipinski definition) is 0. The zero-order valence-electron chi connectivity index (χ0n) is 6.16. The predicted octanol–water partition coefficient (Wildman–Crippen LogP) is 0.0417. The summed E-state index contributed by atoms with van der Waals surface area (Å²) in [4.78, 5) is 12.7. The number of carbonyl (C=O) groups is 1. The van der Waals surface area contributed by atoms with E-state index in [1.165, 1.54) is 0 Å². The van der Waals surface area contributed by atoms with Crippen molar-refractivity contribution in [2.75, 3.05) is 26.3 Å². The van der Waals surface area contributed by atoms with Gasteiger partial charge in [0.05, 0.1) is 13.2 Å². The van der Waals surface area contributed by atoms with Crippen molar-refractivity contribution in [3.63, 3.8) is 0 Å². The maximum absolute atomic E-state index is 11.1. The molecule has 2 aliphatic heterocycles. The van der Waals surface area contributed by atoms with Crippen LogP contribution in [0.1, 0.15) is 0 Å². The molecule has 0 spiro atoms. The molecule has 0 saturated carbocycles. The molecule has 2 saturated heterocycles.